The van der Waals surface area contributed by atoms with Gasteiger partial charge in [0, 0.05) is 6.54 Å². The Balaban J connectivity index is 2.17. The Morgan fingerprint density at radius 1 is 1.50 bits per heavy atom. The van der Waals surface area contributed by atoms with Crippen LogP contribution in [-0.2, 0) is 4.79 Å². The number of likely N-dealkylation sites (tertiary alicyclic amines) is 1. The van der Waals surface area contributed by atoms with Crippen LogP contribution >= 0.6 is 0 Å². The SMILES string of the molecule is CCC1CCN(CCCCC(C)(NC)C(=O)O)C1. The van der Waals surface area contributed by atoms with Crippen molar-refractivity contribution in [3.63, 3.8) is 0 Å². The number of unbranched alkanes of at least 4 members (excludes halogenated alkanes) is 1. The molecule has 1 fully saturated rings. The molecule has 4 nitrogen and oxygen atoms in total. The molecular formula is C14H28N2O2. The smallest absolute Gasteiger partial charge is 0.323 e. The summed E-state index contributed by atoms with van der Waals surface area (Å²) in [4.78, 5) is 13.6. The average Bonchev–Trinajstić information content (AvgIpc) is 2.82. The summed E-state index contributed by atoms with van der Waals surface area (Å²) in [7, 11) is 1.72. The highest BCUT2D eigenvalue weighted by Gasteiger charge is 2.30. The van der Waals surface area contributed by atoms with E-state index in [2.05, 4.69) is 17.1 Å². The topological polar surface area (TPSA) is 52.6 Å². The van der Waals surface area contributed by atoms with Gasteiger partial charge in [0.2, 0.25) is 0 Å². The van der Waals surface area contributed by atoms with E-state index in [1.165, 1.54) is 25.9 Å². The monoisotopic (exact) mass is 256 g/mol. The molecule has 0 aromatic rings. The Morgan fingerprint density at radius 3 is 2.72 bits per heavy atom. The van der Waals surface area contributed by atoms with Crippen LogP contribution < -0.4 is 5.32 Å². The molecule has 0 bridgehead atoms. The number of likely N-dealkylation sites (N-methyl/N-ethyl adjacent to an activating group) is 1. The molecule has 1 heterocycles. The van der Waals surface area contributed by atoms with E-state index in [-0.39, 0.29) is 0 Å². The Labute approximate surface area is 111 Å². The van der Waals surface area contributed by atoms with Crippen LogP contribution in [0, 0.1) is 5.92 Å². The van der Waals surface area contributed by atoms with Crippen LogP contribution in [0.3, 0.4) is 0 Å². The summed E-state index contributed by atoms with van der Waals surface area (Å²) in [5.74, 6) is 0.129. The van der Waals surface area contributed by atoms with E-state index in [4.69, 9.17) is 5.11 Å². The Morgan fingerprint density at radius 2 is 2.22 bits per heavy atom. The fraction of sp³-hybridized carbons (Fsp3) is 0.929. The first-order valence-corrected chi connectivity index (χ1v) is 7.16. The standard InChI is InChI=1S/C14H28N2O2/c1-4-12-7-10-16(11-12)9-6-5-8-14(2,15-3)13(17)18/h12,15H,4-11H2,1-3H3,(H,17,18). The van der Waals surface area contributed by atoms with Gasteiger partial charge in [0.25, 0.3) is 0 Å². The first-order chi connectivity index (χ1) is 8.51. The van der Waals surface area contributed by atoms with Crippen LogP contribution in [0.4, 0.5) is 0 Å². The average molecular weight is 256 g/mol. The molecule has 1 aliphatic heterocycles. The largest absolute Gasteiger partial charge is 0.480 e. The molecule has 2 unspecified atom stereocenters. The Kier molecular flexibility index (Phi) is 6.09. The zero-order chi connectivity index (χ0) is 13.6. The van der Waals surface area contributed by atoms with Gasteiger partial charge in [-0.25, -0.2) is 0 Å². The predicted molar refractivity (Wildman–Crippen MR) is 73.8 cm³/mol. The van der Waals surface area contributed by atoms with Crippen molar-refractivity contribution < 1.29 is 9.90 Å². The Bertz CT molecular complexity index is 271. The fourth-order valence-corrected chi connectivity index (χ4v) is 2.60. The number of carbonyl (C=O) groups is 1. The summed E-state index contributed by atoms with van der Waals surface area (Å²) in [5.41, 5.74) is -0.767. The third kappa shape index (κ3) is 4.25. The first-order valence-electron chi connectivity index (χ1n) is 7.16. The van der Waals surface area contributed by atoms with Gasteiger partial charge in [0.1, 0.15) is 5.54 Å². The molecule has 0 aromatic carbocycles. The van der Waals surface area contributed by atoms with Crippen molar-refractivity contribution in [2.75, 3.05) is 26.7 Å². The molecule has 2 atom stereocenters. The fourth-order valence-electron chi connectivity index (χ4n) is 2.60. The summed E-state index contributed by atoms with van der Waals surface area (Å²) in [6.07, 6.45) is 5.38. The number of nitrogens with one attached hydrogen (secondary N) is 1. The van der Waals surface area contributed by atoms with Crippen molar-refractivity contribution in [2.45, 2.75) is 51.5 Å². The summed E-state index contributed by atoms with van der Waals surface area (Å²) in [6.45, 7) is 7.60. The highest BCUT2D eigenvalue weighted by atomic mass is 16.4. The van der Waals surface area contributed by atoms with Gasteiger partial charge in [0.05, 0.1) is 0 Å². The normalized spacial score (nSPS) is 24.1. The molecular weight excluding hydrogens is 228 g/mol. The Hall–Kier alpha value is -0.610. The molecule has 1 rings (SSSR count). The van der Waals surface area contributed by atoms with Gasteiger partial charge < -0.3 is 15.3 Å². The highest BCUT2D eigenvalue weighted by Crippen LogP contribution is 2.20. The third-order valence-corrected chi connectivity index (χ3v) is 4.37. The minimum Gasteiger partial charge on any atom is -0.480 e. The molecule has 4 heteroatoms. The number of hydrogen-bond donors (Lipinski definition) is 2. The summed E-state index contributed by atoms with van der Waals surface area (Å²) < 4.78 is 0. The lowest BCUT2D eigenvalue weighted by Gasteiger charge is -2.24. The summed E-state index contributed by atoms with van der Waals surface area (Å²) in [5, 5.41) is 12.0. The molecule has 0 radical (unpaired) electrons. The zero-order valence-electron chi connectivity index (χ0n) is 12.0. The van der Waals surface area contributed by atoms with E-state index in [0.29, 0.717) is 6.42 Å². The molecule has 106 valence electrons. The lowest BCUT2D eigenvalue weighted by atomic mass is 9.95. The number of carboxylic acids is 1. The molecule has 18 heavy (non-hydrogen) atoms. The van der Waals surface area contributed by atoms with E-state index < -0.39 is 11.5 Å². The number of hydrogen-bond acceptors (Lipinski definition) is 3. The van der Waals surface area contributed by atoms with Crippen molar-refractivity contribution in [1.29, 1.82) is 0 Å². The van der Waals surface area contributed by atoms with Crippen molar-refractivity contribution >= 4 is 5.97 Å². The number of rotatable bonds is 8. The van der Waals surface area contributed by atoms with Gasteiger partial charge >= 0.3 is 5.97 Å². The van der Waals surface area contributed by atoms with Crippen LogP contribution in [-0.4, -0.2) is 48.2 Å². The van der Waals surface area contributed by atoms with E-state index in [9.17, 15) is 4.79 Å². The number of carboxylic acid groups (broad SMARTS) is 1. The van der Waals surface area contributed by atoms with Gasteiger partial charge in [-0.15, -0.1) is 0 Å². The van der Waals surface area contributed by atoms with E-state index >= 15 is 0 Å². The zero-order valence-corrected chi connectivity index (χ0v) is 12.0. The van der Waals surface area contributed by atoms with E-state index in [1.54, 1.807) is 14.0 Å². The second-order valence-corrected chi connectivity index (χ2v) is 5.71. The second kappa shape index (κ2) is 7.10. The molecule has 0 spiro atoms. The van der Waals surface area contributed by atoms with E-state index in [1.807, 2.05) is 0 Å². The van der Waals surface area contributed by atoms with Gasteiger partial charge in [-0.05, 0) is 58.7 Å². The number of nitrogens with zero attached hydrogens (tertiary/aromatic N) is 1. The molecule has 0 aliphatic carbocycles. The number of aliphatic carboxylic acids is 1. The van der Waals surface area contributed by atoms with Crippen LogP contribution in [0.2, 0.25) is 0 Å². The maximum atomic E-state index is 11.1. The second-order valence-electron chi connectivity index (χ2n) is 5.71. The van der Waals surface area contributed by atoms with Crippen LogP contribution in [0.1, 0.15) is 46.0 Å². The maximum absolute atomic E-state index is 11.1. The van der Waals surface area contributed by atoms with Crippen molar-refractivity contribution in [3.8, 4) is 0 Å². The first kappa shape index (κ1) is 15.4. The van der Waals surface area contributed by atoms with Crippen molar-refractivity contribution in [3.05, 3.63) is 0 Å². The lowest BCUT2D eigenvalue weighted by Crippen LogP contribution is -2.47. The van der Waals surface area contributed by atoms with Crippen molar-refractivity contribution in [1.82, 2.24) is 10.2 Å². The van der Waals surface area contributed by atoms with Gasteiger partial charge in [-0.1, -0.05) is 13.3 Å². The highest BCUT2D eigenvalue weighted by molar-refractivity contribution is 5.78. The minimum atomic E-state index is -0.767. The molecule has 1 aliphatic rings. The minimum absolute atomic E-state index is 0.698. The van der Waals surface area contributed by atoms with Gasteiger partial charge in [-0.2, -0.15) is 0 Å². The van der Waals surface area contributed by atoms with Crippen LogP contribution in [0.25, 0.3) is 0 Å². The van der Waals surface area contributed by atoms with Crippen molar-refractivity contribution in [2.24, 2.45) is 5.92 Å². The molecule has 0 aromatic heterocycles. The maximum Gasteiger partial charge on any atom is 0.323 e. The van der Waals surface area contributed by atoms with Crippen LogP contribution in [0.15, 0.2) is 0 Å². The van der Waals surface area contributed by atoms with Gasteiger partial charge in [0.15, 0.2) is 0 Å². The molecule has 0 saturated carbocycles. The summed E-state index contributed by atoms with van der Waals surface area (Å²) in [6, 6.07) is 0. The lowest BCUT2D eigenvalue weighted by molar-refractivity contribution is -0.144. The third-order valence-electron chi connectivity index (χ3n) is 4.37. The molecule has 2 N–H and O–H groups in total. The molecule has 1 saturated heterocycles. The molecule has 0 amide bonds. The van der Waals surface area contributed by atoms with Gasteiger partial charge in [-0.3, -0.25) is 4.79 Å². The van der Waals surface area contributed by atoms with Crippen LogP contribution in [0.5, 0.6) is 0 Å². The quantitative estimate of drug-likeness (QED) is 0.652. The van der Waals surface area contributed by atoms with E-state index in [0.717, 1.165) is 25.3 Å². The summed E-state index contributed by atoms with van der Waals surface area (Å²) >= 11 is 0. The predicted octanol–water partition coefficient (Wildman–Crippen LogP) is 1.95.